The van der Waals surface area contributed by atoms with Gasteiger partial charge in [-0.3, -0.25) is 9.59 Å². The molecule has 1 amide bonds. The summed E-state index contributed by atoms with van der Waals surface area (Å²) in [6, 6.07) is 8.97. The van der Waals surface area contributed by atoms with Gasteiger partial charge in [-0.05, 0) is 58.2 Å². The third-order valence-corrected chi connectivity index (χ3v) is 7.25. The molecular weight excluding hydrogens is 608 g/mol. The molecule has 1 aromatic heterocycles. The lowest BCUT2D eigenvalue weighted by atomic mass is 10.1. The van der Waals surface area contributed by atoms with Crippen LogP contribution in [0.2, 0.25) is 0 Å². The molecule has 9 nitrogen and oxygen atoms in total. The molecule has 0 radical (unpaired) electrons. The molecule has 3 aromatic rings. The SMILES string of the molecule is CC[C@H](C)c1nc2ccc(Br)cc2c(=O)n1N=Cc1cc(Br)c(OCC(=O)N2CCOCC2)c(OC)c1. The molecule has 37 heavy (non-hydrogen) atoms. The molecule has 0 spiro atoms. The van der Waals surface area contributed by atoms with Gasteiger partial charge in [0.25, 0.3) is 11.5 Å². The Morgan fingerprint density at radius 3 is 2.70 bits per heavy atom. The van der Waals surface area contributed by atoms with E-state index in [2.05, 4.69) is 37.0 Å². The average Bonchev–Trinajstić information content (AvgIpc) is 2.91. The minimum atomic E-state index is -0.245. The van der Waals surface area contributed by atoms with E-state index in [4.69, 9.17) is 19.2 Å². The monoisotopic (exact) mass is 634 g/mol. The van der Waals surface area contributed by atoms with Crippen LogP contribution in [0.5, 0.6) is 11.5 Å². The maximum atomic E-state index is 13.4. The van der Waals surface area contributed by atoms with Crippen LogP contribution in [-0.2, 0) is 9.53 Å². The van der Waals surface area contributed by atoms with E-state index in [0.29, 0.717) is 64.6 Å². The normalized spacial score (nSPS) is 14.8. The lowest BCUT2D eigenvalue weighted by Crippen LogP contribution is -2.43. The van der Waals surface area contributed by atoms with Gasteiger partial charge < -0.3 is 19.1 Å². The van der Waals surface area contributed by atoms with Crippen molar-refractivity contribution in [1.82, 2.24) is 14.6 Å². The van der Waals surface area contributed by atoms with Crippen molar-refractivity contribution < 1.29 is 19.0 Å². The van der Waals surface area contributed by atoms with E-state index in [-0.39, 0.29) is 24.0 Å². The van der Waals surface area contributed by atoms with Gasteiger partial charge in [0, 0.05) is 23.5 Å². The average molecular weight is 636 g/mol. The number of amides is 1. The summed E-state index contributed by atoms with van der Waals surface area (Å²) in [5.41, 5.74) is 1.06. The standard InChI is InChI=1S/C26H28Br2N4O5/c1-4-16(2)25-30-21-6-5-18(27)13-19(21)26(34)32(25)29-14-17-11-20(28)24(22(12-17)35-3)37-15-23(33)31-7-9-36-10-8-31/h5-6,11-14,16H,4,7-10,15H2,1-3H3/t16-/m0/s1. The predicted octanol–water partition coefficient (Wildman–Crippen LogP) is 4.56. The summed E-state index contributed by atoms with van der Waals surface area (Å²) >= 11 is 6.95. The first-order valence-corrected chi connectivity index (χ1v) is 13.5. The predicted molar refractivity (Wildman–Crippen MR) is 149 cm³/mol. The molecule has 1 aliphatic rings. The van der Waals surface area contributed by atoms with Crippen molar-refractivity contribution in [2.75, 3.05) is 40.0 Å². The van der Waals surface area contributed by atoms with Gasteiger partial charge >= 0.3 is 0 Å². The number of fused-ring (bicyclic) bond motifs is 1. The van der Waals surface area contributed by atoms with Gasteiger partial charge in [-0.25, -0.2) is 4.98 Å². The number of carbonyl (C=O) groups excluding carboxylic acids is 1. The number of aromatic nitrogens is 2. The molecule has 0 N–H and O–H groups in total. The van der Waals surface area contributed by atoms with Gasteiger partial charge in [-0.1, -0.05) is 29.8 Å². The molecule has 11 heteroatoms. The van der Waals surface area contributed by atoms with Gasteiger partial charge in [-0.2, -0.15) is 9.78 Å². The number of ether oxygens (including phenoxy) is 3. The van der Waals surface area contributed by atoms with Crippen molar-refractivity contribution in [1.29, 1.82) is 0 Å². The number of halogens is 2. The summed E-state index contributed by atoms with van der Waals surface area (Å²) in [4.78, 5) is 32.3. The van der Waals surface area contributed by atoms with Crippen LogP contribution >= 0.6 is 31.9 Å². The zero-order chi connectivity index (χ0) is 26.5. The third-order valence-electron chi connectivity index (χ3n) is 6.16. The molecule has 2 aromatic carbocycles. The Labute approximate surface area is 231 Å². The van der Waals surface area contributed by atoms with Crippen LogP contribution < -0.4 is 15.0 Å². The number of benzene rings is 2. The Morgan fingerprint density at radius 2 is 2.00 bits per heavy atom. The first kappa shape index (κ1) is 27.3. The maximum absolute atomic E-state index is 13.4. The van der Waals surface area contributed by atoms with Crippen molar-refractivity contribution in [2.45, 2.75) is 26.2 Å². The second-order valence-corrected chi connectivity index (χ2v) is 10.4. The van der Waals surface area contributed by atoms with Crippen LogP contribution in [0.1, 0.15) is 37.6 Å². The maximum Gasteiger partial charge on any atom is 0.282 e. The molecule has 0 aliphatic carbocycles. The molecule has 0 bridgehead atoms. The highest BCUT2D eigenvalue weighted by Gasteiger charge is 2.20. The van der Waals surface area contributed by atoms with Gasteiger partial charge in [0.05, 0.1) is 41.9 Å². The van der Waals surface area contributed by atoms with Crippen molar-refractivity contribution >= 4 is 54.9 Å². The molecule has 2 heterocycles. The largest absolute Gasteiger partial charge is 0.493 e. The van der Waals surface area contributed by atoms with E-state index in [1.54, 1.807) is 29.3 Å². The summed E-state index contributed by atoms with van der Waals surface area (Å²) in [6.07, 6.45) is 2.38. The van der Waals surface area contributed by atoms with Gasteiger partial charge in [0.1, 0.15) is 5.82 Å². The highest BCUT2D eigenvalue weighted by molar-refractivity contribution is 9.10. The zero-order valence-corrected chi connectivity index (χ0v) is 24.0. The zero-order valence-electron chi connectivity index (χ0n) is 20.9. The molecule has 196 valence electrons. The Bertz CT molecular complexity index is 1390. The van der Waals surface area contributed by atoms with Crippen molar-refractivity contribution in [3.05, 3.63) is 61.0 Å². The Morgan fingerprint density at radius 1 is 1.24 bits per heavy atom. The fourth-order valence-electron chi connectivity index (χ4n) is 3.90. The topological polar surface area (TPSA) is 95.3 Å². The van der Waals surface area contributed by atoms with Crippen molar-refractivity contribution in [2.24, 2.45) is 5.10 Å². The van der Waals surface area contributed by atoms with E-state index in [9.17, 15) is 9.59 Å². The van der Waals surface area contributed by atoms with Crippen LogP contribution in [-0.4, -0.2) is 66.7 Å². The summed E-state index contributed by atoms with van der Waals surface area (Å²) in [5.74, 6) is 1.34. The van der Waals surface area contributed by atoms with Crippen LogP contribution in [0.15, 0.2) is 49.2 Å². The number of rotatable bonds is 8. The first-order valence-electron chi connectivity index (χ1n) is 11.9. The summed E-state index contributed by atoms with van der Waals surface area (Å²) in [7, 11) is 1.52. The minimum Gasteiger partial charge on any atom is -0.493 e. The van der Waals surface area contributed by atoms with Crippen LogP contribution in [0.4, 0.5) is 0 Å². The second-order valence-electron chi connectivity index (χ2n) is 8.62. The van der Waals surface area contributed by atoms with Gasteiger partial charge in [0.15, 0.2) is 18.1 Å². The number of carbonyl (C=O) groups is 1. The number of hydrogen-bond acceptors (Lipinski definition) is 7. The van der Waals surface area contributed by atoms with E-state index in [1.165, 1.54) is 11.8 Å². The molecule has 4 rings (SSSR count). The fourth-order valence-corrected chi connectivity index (χ4v) is 4.83. The summed E-state index contributed by atoms with van der Waals surface area (Å²) in [5, 5.41) is 5.00. The number of methoxy groups -OCH3 is 1. The quantitative estimate of drug-likeness (QED) is 0.337. The van der Waals surface area contributed by atoms with Crippen molar-refractivity contribution in [3.63, 3.8) is 0 Å². The van der Waals surface area contributed by atoms with E-state index >= 15 is 0 Å². The van der Waals surface area contributed by atoms with E-state index in [1.807, 2.05) is 26.0 Å². The molecule has 1 fully saturated rings. The Hall–Kier alpha value is -2.76. The Kier molecular flexibility index (Phi) is 8.99. The smallest absolute Gasteiger partial charge is 0.282 e. The molecule has 0 saturated carbocycles. The highest BCUT2D eigenvalue weighted by Crippen LogP contribution is 2.36. The van der Waals surface area contributed by atoms with Gasteiger partial charge in [-0.15, -0.1) is 0 Å². The molecule has 0 unspecified atom stereocenters. The lowest BCUT2D eigenvalue weighted by molar-refractivity contribution is -0.137. The number of hydrogen-bond donors (Lipinski definition) is 0. The van der Waals surface area contributed by atoms with Gasteiger partial charge in [0.2, 0.25) is 0 Å². The number of nitrogens with zero attached hydrogens (tertiary/aromatic N) is 4. The Balaban J connectivity index is 1.63. The molecule has 1 saturated heterocycles. The number of morpholine rings is 1. The third kappa shape index (κ3) is 6.22. The first-order chi connectivity index (χ1) is 17.8. The van der Waals surface area contributed by atoms with E-state index in [0.717, 1.165) is 10.9 Å². The van der Waals surface area contributed by atoms with Crippen LogP contribution in [0.25, 0.3) is 10.9 Å². The molecule has 1 atom stereocenters. The second kappa shape index (κ2) is 12.2. The van der Waals surface area contributed by atoms with Crippen LogP contribution in [0.3, 0.4) is 0 Å². The highest BCUT2D eigenvalue weighted by atomic mass is 79.9. The summed E-state index contributed by atoms with van der Waals surface area (Å²) in [6.45, 7) is 6.10. The van der Waals surface area contributed by atoms with Crippen molar-refractivity contribution in [3.8, 4) is 11.5 Å². The molecular formula is C26H28Br2N4O5. The minimum absolute atomic E-state index is 0.0268. The molecule has 1 aliphatic heterocycles. The fraction of sp³-hybridized carbons (Fsp3) is 0.385. The van der Waals surface area contributed by atoms with E-state index < -0.39 is 0 Å². The van der Waals surface area contributed by atoms with Crippen LogP contribution in [0, 0.1) is 0 Å². The lowest BCUT2D eigenvalue weighted by Gasteiger charge is -2.26. The summed E-state index contributed by atoms with van der Waals surface area (Å²) < 4.78 is 19.4.